The molecule has 2 aliphatic carbocycles. The summed E-state index contributed by atoms with van der Waals surface area (Å²) < 4.78 is 5.26. The largest absolute Gasteiger partial charge is 0.456 e. The number of likely N-dealkylation sites (N-methyl/N-ethyl adjacent to an activating group) is 1. The van der Waals surface area contributed by atoms with Gasteiger partial charge in [-0.05, 0) is 42.6 Å². The van der Waals surface area contributed by atoms with Crippen LogP contribution in [0.3, 0.4) is 0 Å². The van der Waals surface area contributed by atoms with Crippen LogP contribution in [0.1, 0.15) is 34.1 Å². The Hall–Kier alpha value is -1.88. The summed E-state index contributed by atoms with van der Waals surface area (Å²) in [5, 5.41) is 10.6. The predicted molar refractivity (Wildman–Crippen MR) is 85.1 cm³/mol. The number of fused-ring (bicyclic) bond motifs is 2. The lowest BCUT2D eigenvalue weighted by molar-refractivity contribution is -0.153. The van der Waals surface area contributed by atoms with Gasteiger partial charge in [0.15, 0.2) is 0 Å². The maximum atomic E-state index is 12.2. The number of amides is 1. The van der Waals surface area contributed by atoms with Crippen molar-refractivity contribution >= 4 is 11.9 Å². The number of rotatable bonds is 1. The van der Waals surface area contributed by atoms with Crippen LogP contribution in [0.2, 0.25) is 0 Å². The number of carbonyl (C=O) groups excluding carboxylic acids is 2. The van der Waals surface area contributed by atoms with Crippen molar-refractivity contribution in [2.75, 3.05) is 7.05 Å². The number of allylic oxidation sites excluding steroid dienone is 3. The zero-order valence-corrected chi connectivity index (χ0v) is 14.2. The number of aliphatic hydroxyl groups excluding tert-OH is 1. The van der Waals surface area contributed by atoms with Crippen LogP contribution in [0.25, 0.3) is 0 Å². The lowest BCUT2D eigenvalue weighted by Crippen LogP contribution is -2.48. The van der Waals surface area contributed by atoms with Crippen molar-refractivity contribution in [3.05, 3.63) is 34.6 Å². The summed E-state index contributed by atoms with van der Waals surface area (Å²) in [7, 11) is 1.78. The standard InChI is InChI=1S/C18H23NO4/c1-9-13-8-18(4)10(2)16(21)15(23-11(3)20)7-12(18)6-14(13)19(5)17(9)22/h6-7,10,15-16,21H,8H2,1-5H3/t10-,15+,16+,18+/m0/s1. The van der Waals surface area contributed by atoms with E-state index in [9.17, 15) is 14.7 Å². The Morgan fingerprint density at radius 2 is 2.13 bits per heavy atom. The monoisotopic (exact) mass is 317 g/mol. The summed E-state index contributed by atoms with van der Waals surface area (Å²) in [5.41, 5.74) is 3.50. The van der Waals surface area contributed by atoms with Gasteiger partial charge in [-0.15, -0.1) is 0 Å². The molecule has 0 fully saturated rings. The maximum Gasteiger partial charge on any atom is 0.303 e. The molecule has 0 aromatic heterocycles. The normalized spacial score (nSPS) is 36.3. The van der Waals surface area contributed by atoms with E-state index in [1.807, 2.05) is 26.0 Å². The van der Waals surface area contributed by atoms with E-state index in [0.29, 0.717) is 6.42 Å². The van der Waals surface area contributed by atoms with Crippen LogP contribution in [-0.4, -0.2) is 41.1 Å². The molecule has 0 radical (unpaired) electrons. The fourth-order valence-corrected chi connectivity index (χ4v) is 3.97. The molecule has 0 bridgehead atoms. The number of ether oxygens (including phenoxy) is 1. The smallest absolute Gasteiger partial charge is 0.303 e. The molecule has 3 aliphatic rings. The molecule has 1 N–H and O–H groups in total. The number of hydrogen-bond acceptors (Lipinski definition) is 4. The molecule has 0 aromatic rings. The minimum Gasteiger partial charge on any atom is -0.456 e. The third-order valence-corrected chi connectivity index (χ3v) is 5.74. The predicted octanol–water partition coefficient (Wildman–Crippen LogP) is 1.94. The minimum atomic E-state index is -0.752. The Bertz CT molecular complexity index is 687. The van der Waals surface area contributed by atoms with E-state index >= 15 is 0 Å². The average Bonchev–Trinajstić information content (AvgIpc) is 2.68. The van der Waals surface area contributed by atoms with E-state index in [1.54, 1.807) is 11.9 Å². The quantitative estimate of drug-likeness (QED) is 0.751. The van der Waals surface area contributed by atoms with Crippen molar-refractivity contribution in [2.45, 2.75) is 46.3 Å². The van der Waals surface area contributed by atoms with Crippen LogP contribution < -0.4 is 0 Å². The molecule has 1 heterocycles. The highest BCUT2D eigenvalue weighted by Gasteiger charge is 2.50. The van der Waals surface area contributed by atoms with Crippen LogP contribution in [0.4, 0.5) is 0 Å². The molecular weight excluding hydrogens is 294 g/mol. The zero-order valence-electron chi connectivity index (χ0n) is 14.2. The van der Waals surface area contributed by atoms with Crippen molar-refractivity contribution in [3.8, 4) is 0 Å². The summed E-state index contributed by atoms with van der Waals surface area (Å²) in [6.07, 6.45) is 3.15. The first-order chi connectivity index (χ1) is 10.7. The molecule has 0 saturated heterocycles. The lowest BCUT2D eigenvalue weighted by atomic mass is 9.60. The molecule has 0 unspecified atom stereocenters. The van der Waals surface area contributed by atoms with Gasteiger partial charge in [-0.1, -0.05) is 13.8 Å². The lowest BCUT2D eigenvalue weighted by Gasteiger charge is -2.47. The molecule has 3 rings (SSSR count). The number of aliphatic hydroxyl groups is 1. The highest BCUT2D eigenvalue weighted by atomic mass is 16.6. The number of hydrogen-bond donors (Lipinski definition) is 1. The highest BCUT2D eigenvalue weighted by molar-refractivity contribution is 6.00. The maximum absolute atomic E-state index is 12.2. The fraction of sp³-hybridized carbons (Fsp3) is 0.556. The van der Waals surface area contributed by atoms with Crippen LogP contribution in [0.5, 0.6) is 0 Å². The van der Waals surface area contributed by atoms with Gasteiger partial charge in [-0.3, -0.25) is 9.59 Å². The van der Waals surface area contributed by atoms with Gasteiger partial charge in [0.25, 0.3) is 5.91 Å². The van der Waals surface area contributed by atoms with Crippen molar-refractivity contribution in [1.29, 1.82) is 0 Å². The molecule has 0 spiro atoms. The van der Waals surface area contributed by atoms with E-state index in [2.05, 4.69) is 6.92 Å². The Morgan fingerprint density at radius 3 is 2.74 bits per heavy atom. The molecule has 0 saturated carbocycles. The van der Waals surface area contributed by atoms with E-state index in [0.717, 1.165) is 22.4 Å². The molecule has 5 heteroatoms. The van der Waals surface area contributed by atoms with Gasteiger partial charge in [-0.2, -0.15) is 0 Å². The van der Waals surface area contributed by atoms with Crippen LogP contribution >= 0.6 is 0 Å². The van der Waals surface area contributed by atoms with E-state index in [4.69, 9.17) is 4.74 Å². The molecule has 0 aromatic carbocycles. The molecule has 1 amide bonds. The average molecular weight is 317 g/mol. The third-order valence-electron chi connectivity index (χ3n) is 5.74. The summed E-state index contributed by atoms with van der Waals surface area (Å²) in [4.78, 5) is 25.2. The van der Waals surface area contributed by atoms with Gasteiger partial charge in [0, 0.05) is 30.7 Å². The van der Waals surface area contributed by atoms with Gasteiger partial charge in [0.1, 0.15) is 6.10 Å². The van der Waals surface area contributed by atoms with Crippen molar-refractivity contribution in [1.82, 2.24) is 4.90 Å². The Kier molecular flexibility index (Phi) is 3.52. The summed E-state index contributed by atoms with van der Waals surface area (Å²) in [6.45, 7) is 7.28. The summed E-state index contributed by atoms with van der Waals surface area (Å²) in [6, 6.07) is 0. The van der Waals surface area contributed by atoms with Crippen LogP contribution in [-0.2, 0) is 14.3 Å². The highest BCUT2D eigenvalue weighted by Crippen LogP contribution is 2.53. The second-order valence-corrected chi connectivity index (χ2v) is 7.07. The Labute approximate surface area is 136 Å². The number of carbonyl (C=O) groups is 2. The Balaban J connectivity index is 2.11. The van der Waals surface area contributed by atoms with Crippen molar-refractivity contribution in [3.63, 3.8) is 0 Å². The first-order valence-electron chi connectivity index (χ1n) is 7.94. The summed E-state index contributed by atoms with van der Waals surface area (Å²) >= 11 is 0. The molecule has 4 atom stereocenters. The van der Waals surface area contributed by atoms with Gasteiger partial charge < -0.3 is 14.7 Å². The van der Waals surface area contributed by atoms with Crippen LogP contribution in [0.15, 0.2) is 34.6 Å². The van der Waals surface area contributed by atoms with E-state index < -0.39 is 18.2 Å². The summed E-state index contributed by atoms with van der Waals surface area (Å²) in [5.74, 6) is -0.473. The van der Waals surface area contributed by atoms with Gasteiger partial charge in [0.2, 0.25) is 0 Å². The van der Waals surface area contributed by atoms with E-state index in [-0.39, 0.29) is 17.2 Å². The zero-order chi connectivity index (χ0) is 17.1. The number of nitrogens with zero attached hydrogens (tertiary/aromatic N) is 1. The molecular formula is C18H23NO4. The third kappa shape index (κ3) is 2.17. The SMILES string of the molecule is CC(=O)O[C@@H]1C=C2C=C3C(=C(C)C(=O)N3C)C[C@]2(C)[C@@H](C)[C@H]1O. The second-order valence-electron chi connectivity index (χ2n) is 7.07. The van der Waals surface area contributed by atoms with Crippen molar-refractivity contribution in [2.24, 2.45) is 11.3 Å². The van der Waals surface area contributed by atoms with Gasteiger partial charge >= 0.3 is 5.97 Å². The fourth-order valence-electron chi connectivity index (χ4n) is 3.97. The molecule has 23 heavy (non-hydrogen) atoms. The first-order valence-corrected chi connectivity index (χ1v) is 7.94. The minimum absolute atomic E-state index is 0.0267. The second kappa shape index (κ2) is 5.06. The first kappa shape index (κ1) is 16.0. The van der Waals surface area contributed by atoms with Gasteiger partial charge in [-0.25, -0.2) is 0 Å². The van der Waals surface area contributed by atoms with Crippen molar-refractivity contribution < 1.29 is 19.4 Å². The van der Waals surface area contributed by atoms with Gasteiger partial charge in [0.05, 0.1) is 6.10 Å². The molecule has 124 valence electrons. The topological polar surface area (TPSA) is 66.8 Å². The number of esters is 1. The molecule has 5 nitrogen and oxygen atoms in total. The Morgan fingerprint density at radius 1 is 1.48 bits per heavy atom. The molecule has 1 aliphatic heterocycles. The van der Waals surface area contributed by atoms with E-state index in [1.165, 1.54) is 6.92 Å². The van der Waals surface area contributed by atoms with Crippen LogP contribution in [0, 0.1) is 11.3 Å².